The van der Waals surface area contributed by atoms with Gasteiger partial charge in [0.25, 0.3) is 5.91 Å². The molecule has 8 heteroatoms. The first-order chi connectivity index (χ1) is 18.6. The van der Waals surface area contributed by atoms with Crippen molar-refractivity contribution in [2.75, 3.05) is 76.6 Å². The summed E-state index contributed by atoms with van der Waals surface area (Å²) in [5.41, 5.74) is 3.72. The fourth-order valence-corrected chi connectivity index (χ4v) is 5.83. The fourth-order valence-electron chi connectivity index (χ4n) is 5.83. The Morgan fingerprint density at radius 3 is 2.71 bits per heavy atom. The molecule has 0 N–H and O–H groups in total. The van der Waals surface area contributed by atoms with E-state index in [9.17, 15) is 4.79 Å². The summed E-state index contributed by atoms with van der Waals surface area (Å²) >= 11 is 0. The molecule has 0 radical (unpaired) electrons. The van der Waals surface area contributed by atoms with Gasteiger partial charge in [0.1, 0.15) is 18.1 Å². The molecule has 8 nitrogen and oxygen atoms in total. The Balaban J connectivity index is 1.26. The van der Waals surface area contributed by atoms with Crippen LogP contribution in [0.25, 0.3) is 0 Å². The third-order valence-electron chi connectivity index (χ3n) is 7.99. The molecule has 2 aromatic rings. The molecular formula is C30H41N3O5. The van der Waals surface area contributed by atoms with Crippen LogP contribution in [0.15, 0.2) is 36.4 Å². The number of amides is 1. The van der Waals surface area contributed by atoms with Gasteiger partial charge in [0, 0.05) is 69.8 Å². The summed E-state index contributed by atoms with van der Waals surface area (Å²) in [7, 11) is 3.47. The van der Waals surface area contributed by atoms with Crippen molar-refractivity contribution in [3.05, 3.63) is 47.5 Å². The molecule has 2 saturated heterocycles. The number of rotatable bonds is 9. The number of methoxy groups -OCH3 is 2. The second kappa shape index (κ2) is 12.4. The monoisotopic (exact) mass is 523 g/mol. The average Bonchev–Trinajstić information content (AvgIpc) is 3.34. The van der Waals surface area contributed by atoms with Gasteiger partial charge in [-0.25, -0.2) is 0 Å². The van der Waals surface area contributed by atoms with Crippen LogP contribution in [0.1, 0.15) is 42.1 Å². The van der Waals surface area contributed by atoms with Gasteiger partial charge < -0.3 is 28.7 Å². The van der Waals surface area contributed by atoms with E-state index in [1.54, 1.807) is 14.2 Å². The van der Waals surface area contributed by atoms with E-state index >= 15 is 0 Å². The van der Waals surface area contributed by atoms with E-state index < -0.39 is 0 Å². The normalized spacial score (nSPS) is 21.2. The molecule has 5 rings (SSSR count). The molecule has 2 atom stereocenters. The van der Waals surface area contributed by atoms with Crippen molar-refractivity contribution in [1.82, 2.24) is 4.90 Å². The summed E-state index contributed by atoms with van der Waals surface area (Å²) in [4.78, 5) is 20.2. The van der Waals surface area contributed by atoms with Crippen LogP contribution in [0.3, 0.4) is 0 Å². The minimum absolute atomic E-state index is 0.0178. The van der Waals surface area contributed by atoms with Crippen LogP contribution >= 0.6 is 0 Å². The van der Waals surface area contributed by atoms with Gasteiger partial charge in [-0.15, -0.1) is 0 Å². The van der Waals surface area contributed by atoms with E-state index in [1.165, 1.54) is 0 Å². The molecule has 0 saturated carbocycles. The fraction of sp³-hybridized carbons (Fsp3) is 0.567. The summed E-state index contributed by atoms with van der Waals surface area (Å²) in [6.45, 7) is 8.91. The van der Waals surface area contributed by atoms with Crippen molar-refractivity contribution >= 4 is 17.3 Å². The molecule has 0 bridgehead atoms. The summed E-state index contributed by atoms with van der Waals surface area (Å²) in [6, 6.07) is 12.4. The number of carbonyl (C=O) groups is 1. The van der Waals surface area contributed by atoms with Crippen molar-refractivity contribution in [2.45, 2.75) is 44.8 Å². The number of nitrogens with zero attached hydrogens (tertiary/aromatic N) is 3. The van der Waals surface area contributed by atoms with Crippen LogP contribution < -0.4 is 19.3 Å². The third kappa shape index (κ3) is 5.92. The lowest BCUT2D eigenvalue weighted by Gasteiger charge is -2.31. The van der Waals surface area contributed by atoms with E-state index in [1.807, 2.05) is 29.2 Å². The standard InChI is InChI=1S/C30H41N3O5/c1-22(20-35-2)31-12-5-13-32(16-15-31)28-10-7-24(19-29(28)36-3)33-14-11-23-18-25(8-9-27(23)30(33)34)38-21-26-6-4-17-37-26/h7-10,18-19,22,26H,4-6,11-17,20-21H2,1-3H3/t22?,26-/m0/s1. The van der Waals surface area contributed by atoms with Crippen molar-refractivity contribution in [2.24, 2.45) is 0 Å². The summed E-state index contributed by atoms with van der Waals surface area (Å²) in [6.07, 6.45) is 4.18. The van der Waals surface area contributed by atoms with Gasteiger partial charge in [0.2, 0.25) is 0 Å². The highest BCUT2D eigenvalue weighted by Crippen LogP contribution is 2.35. The minimum atomic E-state index is 0.0178. The Bertz CT molecular complexity index is 1100. The molecule has 2 fully saturated rings. The van der Waals surface area contributed by atoms with Crippen LogP contribution in [0.5, 0.6) is 11.5 Å². The van der Waals surface area contributed by atoms with Crippen LogP contribution in [-0.2, 0) is 15.9 Å². The number of benzene rings is 2. The van der Waals surface area contributed by atoms with Crippen LogP contribution in [-0.4, -0.2) is 89.7 Å². The lowest BCUT2D eigenvalue weighted by Crippen LogP contribution is -2.39. The van der Waals surface area contributed by atoms with E-state index in [-0.39, 0.29) is 12.0 Å². The third-order valence-corrected chi connectivity index (χ3v) is 7.99. The number of hydrogen-bond donors (Lipinski definition) is 0. The molecule has 3 aliphatic rings. The molecule has 1 unspecified atom stereocenters. The van der Waals surface area contributed by atoms with Crippen molar-refractivity contribution < 1.29 is 23.7 Å². The highest BCUT2D eigenvalue weighted by molar-refractivity contribution is 6.08. The molecular weight excluding hydrogens is 482 g/mol. The number of fused-ring (bicyclic) bond motifs is 1. The summed E-state index contributed by atoms with van der Waals surface area (Å²) in [5, 5.41) is 0. The Hall–Kier alpha value is -2.81. The molecule has 206 valence electrons. The quantitative estimate of drug-likeness (QED) is 0.492. The number of ether oxygens (including phenoxy) is 4. The van der Waals surface area contributed by atoms with Gasteiger partial charge >= 0.3 is 0 Å². The lowest BCUT2D eigenvalue weighted by atomic mass is 9.98. The van der Waals surface area contributed by atoms with E-state index in [0.29, 0.717) is 19.2 Å². The summed E-state index contributed by atoms with van der Waals surface area (Å²) in [5.74, 6) is 1.63. The molecule has 0 aromatic heterocycles. The minimum Gasteiger partial charge on any atom is -0.495 e. The highest BCUT2D eigenvalue weighted by atomic mass is 16.5. The predicted octanol–water partition coefficient (Wildman–Crippen LogP) is 4.00. The smallest absolute Gasteiger partial charge is 0.258 e. The number of anilines is 2. The Kier molecular flexibility index (Phi) is 8.72. The van der Waals surface area contributed by atoms with Crippen molar-refractivity contribution in [1.29, 1.82) is 0 Å². The molecule has 0 spiro atoms. The molecule has 1 amide bonds. The first-order valence-corrected chi connectivity index (χ1v) is 13.9. The topological polar surface area (TPSA) is 63.7 Å². The first kappa shape index (κ1) is 26.8. The van der Waals surface area contributed by atoms with Gasteiger partial charge in [-0.05, 0) is 68.5 Å². The van der Waals surface area contributed by atoms with Crippen LogP contribution in [0.4, 0.5) is 11.4 Å². The van der Waals surface area contributed by atoms with Crippen LogP contribution in [0, 0.1) is 0 Å². The number of hydrogen-bond acceptors (Lipinski definition) is 7. The van der Waals surface area contributed by atoms with Gasteiger partial charge in [-0.3, -0.25) is 9.69 Å². The first-order valence-electron chi connectivity index (χ1n) is 13.9. The Morgan fingerprint density at radius 1 is 1.03 bits per heavy atom. The maximum Gasteiger partial charge on any atom is 0.258 e. The van der Waals surface area contributed by atoms with E-state index in [2.05, 4.69) is 28.9 Å². The second-order valence-corrected chi connectivity index (χ2v) is 10.5. The van der Waals surface area contributed by atoms with Crippen LogP contribution in [0.2, 0.25) is 0 Å². The Morgan fingerprint density at radius 2 is 1.92 bits per heavy atom. The van der Waals surface area contributed by atoms with Crippen molar-refractivity contribution in [3.63, 3.8) is 0 Å². The van der Waals surface area contributed by atoms with Gasteiger partial charge in [0.15, 0.2) is 0 Å². The molecule has 38 heavy (non-hydrogen) atoms. The lowest BCUT2D eigenvalue weighted by molar-refractivity contribution is 0.0679. The van der Waals surface area contributed by atoms with Gasteiger partial charge in [0.05, 0.1) is 25.5 Å². The average molecular weight is 524 g/mol. The van der Waals surface area contributed by atoms with Gasteiger partial charge in [-0.2, -0.15) is 0 Å². The SMILES string of the molecule is COCC(C)N1CCCN(c2ccc(N3CCc4cc(OC[C@@H]5CCCO5)ccc4C3=O)cc2OC)CC1. The summed E-state index contributed by atoms with van der Waals surface area (Å²) < 4.78 is 22.8. The number of carbonyl (C=O) groups excluding carboxylic acids is 1. The van der Waals surface area contributed by atoms with E-state index in [0.717, 1.165) is 99.1 Å². The maximum absolute atomic E-state index is 13.5. The van der Waals surface area contributed by atoms with E-state index in [4.69, 9.17) is 18.9 Å². The molecule has 3 heterocycles. The highest BCUT2D eigenvalue weighted by Gasteiger charge is 2.28. The van der Waals surface area contributed by atoms with Crippen molar-refractivity contribution in [3.8, 4) is 11.5 Å². The zero-order valence-corrected chi connectivity index (χ0v) is 23.0. The molecule has 0 aliphatic carbocycles. The van der Waals surface area contributed by atoms with Gasteiger partial charge in [-0.1, -0.05) is 0 Å². The maximum atomic E-state index is 13.5. The largest absolute Gasteiger partial charge is 0.495 e. The predicted molar refractivity (Wildman–Crippen MR) is 149 cm³/mol. The zero-order chi connectivity index (χ0) is 26.5. The molecule has 3 aliphatic heterocycles. The molecule has 2 aromatic carbocycles. The zero-order valence-electron chi connectivity index (χ0n) is 23.0. The Labute approximate surface area is 226 Å². The second-order valence-electron chi connectivity index (χ2n) is 10.5.